The summed E-state index contributed by atoms with van der Waals surface area (Å²) >= 11 is 0. The van der Waals surface area contributed by atoms with Crippen LogP contribution in [0, 0.1) is 6.92 Å². The van der Waals surface area contributed by atoms with Crippen molar-refractivity contribution in [3.63, 3.8) is 0 Å². The van der Waals surface area contributed by atoms with Crippen molar-refractivity contribution in [1.82, 2.24) is 9.55 Å². The van der Waals surface area contributed by atoms with E-state index in [1.54, 1.807) is 13.0 Å². The Balaban J connectivity index is 1.96. The van der Waals surface area contributed by atoms with Gasteiger partial charge in [0.05, 0.1) is 12.7 Å². The van der Waals surface area contributed by atoms with Crippen LogP contribution in [0.1, 0.15) is 38.5 Å². The molecule has 0 radical (unpaired) electrons. The van der Waals surface area contributed by atoms with Gasteiger partial charge in [0.25, 0.3) is 5.56 Å². The molecule has 1 aromatic rings. The van der Waals surface area contributed by atoms with Crippen LogP contribution in [0.4, 0.5) is 0 Å². The number of hydrogen-bond donors (Lipinski definition) is 1. The Kier molecular flexibility index (Phi) is 3.82. The zero-order chi connectivity index (χ0) is 16.8. The van der Waals surface area contributed by atoms with Gasteiger partial charge in [0.2, 0.25) is 0 Å². The lowest BCUT2D eigenvalue weighted by atomic mass is 9.92. The number of H-pyrrole nitrogens is 1. The molecular formula is C16H22N2O5. The van der Waals surface area contributed by atoms with E-state index in [9.17, 15) is 9.59 Å². The fourth-order valence-corrected chi connectivity index (χ4v) is 3.20. The van der Waals surface area contributed by atoms with Gasteiger partial charge in [-0.15, -0.1) is 6.58 Å². The molecule has 7 nitrogen and oxygen atoms in total. The summed E-state index contributed by atoms with van der Waals surface area (Å²) in [6.45, 7) is 9.51. The summed E-state index contributed by atoms with van der Waals surface area (Å²) in [5.41, 5.74) is -1.08. The summed E-state index contributed by atoms with van der Waals surface area (Å²) in [6.07, 6.45) is 3.62. The maximum Gasteiger partial charge on any atom is 0.330 e. The Bertz CT molecular complexity index is 735. The van der Waals surface area contributed by atoms with E-state index in [4.69, 9.17) is 14.2 Å². The van der Waals surface area contributed by atoms with Crippen molar-refractivity contribution in [2.45, 2.75) is 57.3 Å². The fraction of sp³-hybridized carbons (Fsp3) is 0.625. The number of ether oxygens (including phenoxy) is 3. The van der Waals surface area contributed by atoms with Crippen LogP contribution >= 0.6 is 0 Å². The van der Waals surface area contributed by atoms with Crippen molar-refractivity contribution in [2.75, 3.05) is 6.61 Å². The minimum atomic E-state index is -0.695. The van der Waals surface area contributed by atoms with E-state index in [1.165, 1.54) is 10.8 Å². The third-order valence-corrected chi connectivity index (χ3v) is 4.41. The van der Waals surface area contributed by atoms with E-state index >= 15 is 0 Å². The lowest BCUT2D eigenvalue weighted by Crippen LogP contribution is -2.55. The van der Waals surface area contributed by atoms with Crippen LogP contribution in [0.5, 0.6) is 0 Å². The van der Waals surface area contributed by atoms with E-state index < -0.39 is 23.3 Å². The molecule has 0 bridgehead atoms. The van der Waals surface area contributed by atoms with Gasteiger partial charge in [0.15, 0.2) is 5.79 Å². The lowest BCUT2D eigenvalue weighted by molar-refractivity contribution is -0.323. The van der Waals surface area contributed by atoms with E-state index in [1.807, 2.05) is 13.8 Å². The minimum absolute atomic E-state index is 0.214. The Hall–Kier alpha value is -1.70. The second-order valence-electron chi connectivity index (χ2n) is 6.64. The molecule has 126 valence electrons. The smallest absolute Gasteiger partial charge is 0.330 e. The van der Waals surface area contributed by atoms with Crippen LogP contribution in [-0.2, 0) is 14.2 Å². The monoisotopic (exact) mass is 322 g/mol. The predicted octanol–water partition coefficient (Wildman–Crippen LogP) is 1.23. The molecule has 0 aromatic carbocycles. The first-order valence-electron chi connectivity index (χ1n) is 7.69. The number of nitrogens with one attached hydrogen (secondary N) is 1. The third-order valence-electron chi connectivity index (χ3n) is 4.41. The average molecular weight is 322 g/mol. The summed E-state index contributed by atoms with van der Waals surface area (Å²) in [6, 6.07) is 0. The number of aromatic amines is 1. The topological polar surface area (TPSA) is 82.5 Å². The lowest BCUT2D eigenvalue weighted by Gasteiger charge is -2.44. The second kappa shape index (κ2) is 5.43. The van der Waals surface area contributed by atoms with Crippen LogP contribution in [0.15, 0.2) is 28.4 Å². The van der Waals surface area contributed by atoms with Gasteiger partial charge in [0, 0.05) is 18.2 Å². The molecule has 1 aromatic heterocycles. The Morgan fingerprint density at radius 3 is 2.87 bits per heavy atom. The fourth-order valence-electron chi connectivity index (χ4n) is 3.20. The molecule has 0 aliphatic carbocycles. The zero-order valence-electron chi connectivity index (χ0n) is 13.6. The van der Waals surface area contributed by atoms with Crippen LogP contribution in [0.3, 0.4) is 0 Å². The van der Waals surface area contributed by atoms with E-state index in [-0.39, 0.29) is 11.7 Å². The molecule has 2 aliphatic rings. The van der Waals surface area contributed by atoms with Crippen LogP contribution < -0.4 is 11.2 Å². The quantitative estimate of drug-likeness (QED) is 0.846. The molecule has 3 rings (SSSR count). The standard InChI is InChI=1S/C16H22N2O5/c1-5-6-16-9-21-15(3,4)22-11(16)7-12(23-16)18-8-10(2)13(19)17-14(18)20/h5,8,11-12H,1,6-7,9H2,2-4H3,(H,17,19,20)/t11-,12+,16-/m0/s1. The second-order valence-corrected chi connectivity index (χ2v) is 6.64. The first-order chi connectivity index (χ1) is 10.8. The van der Waals surface area contributed by atoms with Gasteiger partial charge in [-0.3, -0.25) is 14.3 Å². The van der Waals surface area contributed by atoms with Gasteiger partial charge >= 0.3 is 5.69 Å². The van der Waals surface area contributed by atoms with Crippen molar-refractivity contribution >= 4 is 0 Å². The third kappa shape index (κ3) is 2.80. The normalized spacial score (nSPS) is 32.5. The summed E-state index contributed by atoms with van der Waals surface area (Å²) in [7, 11) is 0. The number of rotatable bonds is 3. The molecule has 3 heterocycles. The van der Waals surface area contributed by atoms with Gasteiger partial charge in [-0.05, 0) is 27.2 Å². The molecule has 3 atom stereocenters. The highest BCUT2D eigenvalue weighted by molar-refractivity contribution is 5.06. The molecule has 2 fully saturated rings. The highest BCUT2D eigenvalue weighted by atomic mass is 16.7. The van der Waals surface area contributed by atoms with Gasteiger partial charge in [0.1, 0.15) is 11.8 Å². The highest BCUT2D eigenvalue weighted by Crippen LogP contribution is 2.45. The number of aromatic nitrogens is 2. The number of hydrogen-bond acceptors (Lipinski definition) is 5. The number of fused-ring (bicyclic) bond motifs is 1. The number of nitrogens with zero attached hydrogens (tertiary/aromatic N) is 1. The van der Waals surface area contributed by atoms with Crippen molar-refractivity contribution in [3.8, 4) is 0 Å². The van der Waals surface area contributed by atoms with Crippen molar-refractivity contribution < 1.29 is 14.2 Å². The van der Waals surface area contributed by atoms with E-state index in [0.717, 1.165) is 0 Å². The van der Waals surface area contributed by atoms with Gasteiger partial charge < -0.3 is 14.2 Å². The molecule has 0 unspecified atom stereocenters. The summed E-state index contributed by atoms with van der Waals surface area (Å²) < 4.78 is 19.4. The SMILES string of the molecule is C=CC[C@]12COC(C)(C)O[C@H]1C[C@H](n1cc(C)c(=O)[nH]c1=O)O2. The zero-order valence-corrected chi connectivity index (χ0v) is 13.6. The molecule has 2 aliphatic heterocycles. The first kappa shape index (κ1) is 16.2. The Labute approximate surface area is 133 Å². The summed E-state index contributed by atoms with van der Waals surface area (Å²) in [5.74, 6) is -0.695. The molecule has 7 heteroatoms. The maximum atomic E-state index is 12.1. The molecule has 0 spiro atoms. The van der Waals surface area contributed by atoms with Crippen molar-refractivity contribution in [1.29, 1.82) is 0 Å². The van der Waals surface area contributed by atoms with E-state index in [2.05, 4.69) is 11.6 Å². The highest BCUT2D eigenvalue weighted by Gasteiger charge is 2.55. The molecule has 23 heavy (non-hydrogen) atoms. The minimum Gasteiger partial charge on any atom is -0.347 e. The largest absolute Gasteiger partial charge is 0.347 e. The van der Waals surface area contributed by atoms with Crippen LogP contribution in [0.2, 0.25) is 0 Å². The average Bonchev–Trinajstić information content (AvgIpc) is 2.81. The summed E-state index contributed by atoms with van der Waals surface area (Å²) in [4.78, 5) is 26.0. The molecule has 0 saturated carbocycles. The van der Waals surface area contributed by atoms with Gasteiger partial charge in [-0.1, -0.05) is 6.08 Å². The molecule has 0 amide bonds. The molecule has 2 saturated heterocycles. The number of aryl methyl sites for hydroxylation is 1. The molecular weight excluding hydrogens is 300 g/mol. The molecule has 1 N–H and O–H groups in total. The maximum absolute atomic E-state index is 12.1. The summed E-state index contributed by atoms with van der Waals surface area (Å²) in [5, 5.41) is 0. The van der Waals surface area contributed by atoms with Gasteiger partial charge in [-0.2, -0.15) is 0 Å². The van der Waals surface area contributed by atoms with Crippen LogP contribution in [-0.4, -0.2) is 33.7 Å². The van der Waals surface area contributed by atoms with Crippen molar-refractivity contribution in [3.05, 3.63) is 45.3 Å². The Morgan fingerprint density at radius 1 is 1.43 bits per heavy atom. The Morgan fingerprint density at radius 2 is 2.17 bits per heavy atom. The van der Waals surface area contributed by atoms with Crippen LogP contribution in [0.25, 0.3) is 0 Å². The van der Waals surface area contributed by atoms with Crippen molar-refractivity contribution in [2.24, 2.45) is 0 Å². The van der Waals surface area contributed by atoms with E-state index in [0.29, 0.717) is 25.0 Å². The predicted molar refractivity (Wildman–Crippen MR) is 83.2 cm³/mol. The first-order valence-corrected chi connectivity index (χ1v) is 7.69. The van der Waals surface area contributed by atoms with Gasteiger partial charge in [-0.25, -0.2) is 4.79 Å².